The van der Waals surface area contributed by atoms with Gasteiger partial charge in [-0.15, -0.1) is 11.3 Å². The number of aryl methyl sites for hydroxylation is 1. The number of thiazole rings is 1. The van der Waals surface area contributed by atoms with E-state index in [0.717, 1.165) is 15.6 Å². The molecule has 22 heavy (non-hydrogen) atoms. The zero-order valence-electron chi connectivity index (χ0n) is 13.6. The molecule has 118 valence electrons. The molecule has 0 saturated carbocycles. The van der Waals surface area contributed by atoms with E-state index in [9.17, 15) is 4.79 Å². The third-order valence-electron chi connectivity index (χ3n) is 3.52. The Labute approximate surface area is 135 Å². The molecule has 0 saturated heterocycles. The van der Waals surface area contributed by atoms with Crippen LogP contribution in [0, 0.1) is 6.92 Å². The van der Waals surface area contributed by atoms with Crippen LogP contribution in [0.5, 0.6) is 0 Å². The molecular formula is C16H22N4OS. The van der Waals surface area contributed by atoms with Gasteiger partial charge in [-0.1, -0.05) is 19.9 Å². The summed E-state index contributed by atoms with van der Waals surface area (Å²) < 4.78 is 0. The fourth-order valence-corrected chi connectivity index (χ4v) is 3.22. The van der Waals surface area contributed by atoms with Crippen LogP contribution >= 0.6 is 11.3 Å². The largest absolute Gasteiger partial charge is 0.323 e. The molecule has 1 N–H and O–H groups in total. The predicted molar refractivity (Wildman–Crippen MR) is 90.4 cm³/mol. The average molecular weight is 318 g/mol. The van der Waals surface area contributed by atoms with Crippen molar-refractivity contribution in [2.24, 2.45) is 0 Å². The summed E-state index contributed by atoms with van der Waals surface area (Å²) in [7, 11) is 1.79. The summed E-state index contributed by atoms with van der Waals surface area (Å²) in [6.45, 7) is 8.27. The second kappa shape index (κ2) is 6.87. The van der Waals surface area contributed by atoms with Gasteiger partial charge in [-0.05, 0) is 26.0 Å². The Morgan fingerprint density at radius 1 is 1.32 bits per heavy atom. The highest BCUT2D eigenvalue weighted by Crippen LogP contribution is 2.31. The van der Waals surface area contributed by atoms with Crippen molar-refractivity contribution in [3.05, 3.63) is 40.0 Å². The smallest absolute Gasteiger partial charge is 0.320 e. The van der Waals surface area contributed by atoms with Crippen molar-refractivity contribution in [2.45, 2.75) is 39.7 Å². The summed E-state index contributed by atoms with van der Waals surface area (Å²) in [5, 5.41) is 3.91. The van der Waals surface area contributed by atoms with Gasteiger partial charge >= 0.3 is 6.03 Å². The molecule has 2 amide bonds. The molecule has 0 spiro atoms. The quantitative estimate of drug-likeness (QED) is 0.919. The van der Waals surface area contributed by atoms with E-state index in [-0.39, 0.29) is 12.1 Å². The van der Waals surface area contributed by atoms with Gasteiger partial charge in [0.25, 0.3) is 0 Å². The molecule has 0 aliphatic rings. The Balaban J connectivity index is 2.11. The lowest BCUT2D eigenvalue weighted by Crippen LogP contribution is -2.33. The first kappa shape index (κ1) is 16.4. The zero-order chi connectivity index (χ0) is 16.3. The van der Waals surface area contributed by atoms with Gasteiger partial charge < -0.3 is 4.90 Å². The fraction of sp³-hybridized carbons (Fsp3) is 0.438. The highest BCUT2D eigenvalue weighted by molar-refractivity contribution is 7.11. The van der Waals surface area contributed by atoms with Gasteiger partial charge in [-0.2, -0.15) is 0 Å². The van der Waals surface area contributed by atoms with Crippen LogP contribution in [-0.4, -0.2) is 27.9 Å². The molecule has 0 bridgehead atoms. The molecule has 2 aromatic heterocycles. The maximum atomic E-state index is 12.3. The van der Waals surface area contributed by atoms with E-state index in [1.807, 2.05) is 26.0 Å². The molecular weight excluding hydrogens is 296 g/mol. The topological polar surface area (TPSA) is 58.1 Å². The van der Waals surface area contributed by atoms with E-state index in [0.29, 0.717) is 11.7 Å². The number of urea groups is 1. The molecule has 5 nitrogen and oxygen atoms in total. The van der Waals surface area contributed by atoms with Crippen LogP contribution in [-0.2, 0) is 0 Å². The minimum Gasteiger partial charge on any atom is -0.320 e. The first-order valence-electron chi connectivity index (χ1n) is 7.32. The number of amides is 2. The maximum absolute atomic E-state index is 12.3. The summed E-state index contributed by atoms with van der Waals surface area (Å²) in [5.74, 6) is 0.952. The second-order valence-electron chi connectivity index (χ2n) is 5.59. The molecule has 0 aliphatic heterocycles. The standard InChI is InChI=1S/C16H22N4OS/c1-10(2)15-18-11(3)14(22-15)12(4)20(5)16(21)19-13-8-6-7-9-17-13/h6-10,12H,1-5H3,(H,17,19,21). The summed E-state index contributed by atoms with van der Waals surface area (Å²) in [4.78, 5) is 23.9. The SMILES string of the molecule is Cc1nc(C(C)C)sc1C(C)N(C)C(=O)Nc1ccccn1. The molecule has 0 fully saturated rings. The molecule has 2 heterocycles. The number of anilines is 1. The van der Waals surface area contributed by atoms with Crippen LogP contribution in [0.1, 0.15) is 48.3 Å². The molecule has 0 aromatic carbocycles. The van der Waals surface area contributed by atoms with E-state index in [1.165, 1.54) is 0 Å². The van der Waals surface area contributed by atoms with E-state index in [1.54, 1.807) is 35.5 Å². The monoisotopic (exact) mass is 318 g/mol. The number of hydrogen-bond donors (Lipinski definition) is 1. The van der Waals surface area contributed by atoms with Crippen LogP contribution in [0.3, 0.4) is 0 Å². The molecule has 6 heteroatoms. The number of hydrogen-bond acceptors (Lipinski definition) is 4. The van der Waals surface area contributed by atoms with E-state index in [4.69, 9.17) is 0 Å². The number of carbonyl (C=O) groups is 1. The van der Waals surface area contributed by atoms with Gasteiger partial charge in [0.1, 0.15) is 5.82 Å². The maximum Gasteiger partial charge on any atom is 0.323 e. The van der Waals surface area contributed by atoms with E-state index in [2.05, 4.69) is 29.1 Å². The van der Waals surface area contributed by atoms with Gasteiger partial charge in [0.2, 0.25) is 0 Å². The number of nitrogens with zero attached hydrogens (tertiary/aromatic N) is 3. The minimum atomic E-state index is -0.176. The second-order valence-corrected chi connectivity index (χ2v) is 6.65. The van der Waals surface area contributed by atoms with Crippen molar-refractivity contribution in [1.29, 1.82) is 0 Å². The Hall–Kier alpha value is -1.95. The van der Waals surface area contributed by atoms with Gasteiger partial charge in [-0.3, -0.25) is 5.32 Å². The first-order chi connectivity index (χ1) is 10.4. The summed E-state index contributed by atoms with van der Waals surface area (Å²) in [6.07, 6.45) is 1.65. The number of carbonyl (C=O) groups excluding carboxylic acids is 1. The van der Waals surface area contributed by atoms with Crippen molar-refractivity contribution in [2.75, 3.05) is 12.4 Å². The van der Waals surface area contributed by atoms with Gasteiger partial charge in [0.15, 0.2) is 0 Å². The lowest BCUT2D eigenvalue weighted by Gasteiger charge is -2.24. The molecule has 1 unspecified atom stereocenters. The third kappa shape index (κ3) is 3.62. The van der Waals surface area contributed by atoms with Crippen molar-refractivity contribution in [3.8, 4) is 0 Å². The summed E-state index contributed by atoms with van der Waals surface area (Å²) >= 11 is 1.68. The average Bonchev–Trinajstić information content (AvgIpc) is 2.89. The summed E-state index contributed by atoms with van der Waals surface area (Å²) in [5.41, 5.74) is 0.999. The number of rotatable bonds is 4. The molecule has 0 aliphatic carbocycles. The lowest BCUT2D eigenvalue weighted by atomic mass is 10.2. The molecule has 2 aromatic rings. The van der Waals surface area contributed by atoms with Gasteiger partial charge in [0, 0.05) is 24.0 Å². The van der Waals surface area contributed by atoms with Crippen LogP contribution in [0.25, 0.3) is 0 Å². The van der Waals surface area contributed by atoms with Crippen molar-refractivity contribution in [1.82, 2.24) is 14.9 Å². The van der Waals surface area contributed by atoms with Gasteiger partial charge in [0.05, 0.1) is 16.7 Å². The van der Waals surface area contributed by atoms with Crippen molar-refractivity contribution >= 4 is 23.2 Å². The number of aromatic nitrogens is 2. The normalized spacial score (nSPS) is 12.3. The van der Waals surface area contributed by atoms with Crippen molar-refractivity contribution in [3.63, 3.8) is 0 Å². The number of nitrogens with one attached hydrogen (secondary N) is 1. The van der Waals surface area contributed by atoms with Gasteiger partial charge in [-0.25, -0.2) is 14.8 Å². The molecule has 1 atom stereocenters. The highest BCUT2D eigenvalue weighted by Gasteiger charge is 2.22. The first-order valence-corrected chi connectivity index (χ1v) is 8.13. The van der Waals surface area contributed by atoms with Crippen LogP contribution < -0.4 is 5.32 Å². The van der Waals surface area contributed by atoms with E-state index >= 15 is 0 Å². The van der Waals surface area contributed by atoms with E-state index < -0.39 is 0 Å². The van der Waals surface area contributed by atoms with Crippen LogP contribution in [0.4, 0.5) is 10.6 Å². The van der Waals surface area contributed by atoms with Crippen molar-refractivity contribution < 1.29 is 4.79 Å². The Morgan fingerprint density at radius 3 is 2.59 bits per heavy atom. The Bertz CT molecular complexity index is 639. The predicted octanol–water partition coefficient (Wildman–Crippen LogP) is 4.19. The Morgan fingerprint density at radius 2 is 2.05 bits per heavy atom. The fourth-order valence-electron chi connectivity index (χ4n) is 2.05. The zero-order valence-corrected chi connectivity index (χ0v) is 14.4. The molecule has 2 rings (SSSR count). The third-order valence-corrected chi connectivity index (χ3v) is 5.15. The Kier molecular flexibility index (Phi) is 5.13. The summed E-state index contributed by atoms with van der Waals surface area (Å²) in [6, 6.07) is 5.22. The molecule has 0 radical (unpaired) electrons. The number of pyridine rings is 1. The van der Waals surface area contributed by atoms with Crippen LogP contribution in [0.15, 0.2) is 24.4 Å². The minimum absolute atomic E-state index is 0.0336. The van der Waals surface area contributed by atoms with Crippen LogP contribution in [0.2, 0.25) is 0 Å². The highest BCUT2D eigenvalue weighted by atomic mass is 32.1. The lowest BCUT2D eigenvalue weighted by molar-refractivity contribution is 0.209.